The molecule has 0 spiro atoms. The first-order valence-corrected chi connectivity index (χ1v) is 7.56. The fourth-order valence-corrected chi connectivity index (χ4v) is 2.12. The summed E-state index contributed by atoms with van der Waals surface area (Å²) in [5.74, 6) is 0. The molecule has 0 aromatic rings. The Labute approximate surface area is 112 Å². The number of hydrogen-bond donors (Lipinski definition) is 1. The molecule has 0 saturated carbocycles. The SMILES string of the molecule is O=C=NCCCCCCCCCCCCCCO. The Kier molecular flexibility index (Phi) is 15.7. The van der Waals surface area contributed by atoms with Gasteiger partial charge in [-0.05, 0) is 12.8 Å². The van der Waals surface area contributed by atoms with Crippen molar-refractivity contribution < 1.29 is 9.90 Å². The molecular weight excluding hydrogens is 226 g/mol. The number of isocyanates is 1. The summed E-state index contributed by atoms with van der Waals surface area (Å²) in [6, 6.07) is 0. The topological polar surface area (TPSA) is 49.7 Å². The highest BCUT2D eigenvalue weighted by molar-refractivity contribution is 5.32. The lowest BCUT2D eigenvalue weighted by molar-refractivity contribution is 0.282. The van der Waals surface area contributed by atoms with Gasteiger partial charge in [0.25, 0.3) is 0 Å². The van der Waals surface area contributed by atoms with Crippen LogP contribution >= 0.6 is 0 Å². The summed E-state index contributed by atoms with van der Waals surface area (Å²) in [4.78, 5) is 13.4. The maximum absolute atomic E-state index is 9.82. The smallest absolute Gasteiger partial charge is 0.234 e. The van der Waals surface area contributed by atoms with Crippen LogP contribution in [0.5, 0.6) is 0 Å². The predicted octanol–water partition coefficient (Wildman–Crippen LogP) is 4.00. The number of hydrogen-bond acceptors (Lipinski definition) is 3. The van der Waals surface area contributed by atoms with E-state index < -0.39 is 0 Å². The molecule has 0 heterocycles. The molecule has 0 aliphatic heterocycles. The second-order valence-corrected chi connectivity index (χ2v) is 4.94. The van der Waals surface area contributed by atoms with Crippen LogP contribution in [-0.4, -0.2) is 24.3 Å². The van der Waals surface area contributed by atoms with Gasteiger partial charge in [-0.25, -0.2) is 9.79 Å². The molecule has 0 unspecified atom stereocenters. The Morgan fingerprint density at radius 2 is 1.06 bits per heavy atom. The van der Waals surface area contributed by atoms with Crippen molar-refractivity contribution in [3.63, 3.8) is 0 Å². The van der Waals surface area contributed by atoms with Crippen LogP contribution in [0.2, 0.25) is 0 Å². The molecule has 3 nitrogen and oxygen atoms in total. The Hall–Kier alpha value is -0.660. The number of nitrogens with zero attached hydrogens (tertiary/aromatic N) is 1. The Morgan fingerprint density at radius 3 is 1.44 bits per heavy atom. The van der Waals surface area contributed by atoms with E-state index in [1.807, 2.05) is 0 Å². The standard InChI is InChI=1S/C15H29NO2/c17-14-12-10-8-6-4-2-1-3-5-7-9-11-13-16-15-18/h17H,1-14H2. The molecule has 1 N–H and O–H groups in total. The van der Waals surface area contributed by atoms with Crippen molar-refractivity contribution in [3.05, 3.63) is 0 Å². The van der Waals surface area contributed by atoms with Gasteiger partial charge in [-0.1, -0.05) is 64.2 Å². The van der Waals surface area contributed by atoms with Crippen LogP contribution in [0.15, 0.2) is 4.99 Å². The molecule has 0 fully saturated rings. The first-order chi connectivity index (χ1) is 8.91. The van der Waals surface area contributed by atoms with Gasteiger partial charge in [0.05, 0.1) is 6.54 Å². The number of carbonyl (C=O) groups excluding carboxylic acids is 1. The monoisotopic (exact) mass is 255 g/mol. The van der Waals surface area contributed by atoms with Gasteiger partial charge in [0.1, 0.15) is 0 Å². The van der Waals surface area contributed by atoms with Gasteiger partial charge in [-0.3, -0.25) is 0 Å². The summed E-state index contributed by atoms with van der Waals surface area (Å²) in [7, 11) is 0. The maximum Gasteiger partial charge on any atom is 0.234 e. The average molecular weight is 255 g/mol. The van der Waals surface area contributed by atoms with Crippen LogP contribution in [-0.2, 0) is 4.79 Å². The summed E-state index contributed by atoms with van der Waals surface area (Å²) in [5, 5.41) is 8.63. The fraction of sp³-hybridized carbons (Fsp3) is 0.933. The van der Waals surface area contributed by atoms with Crippen LogP contribution < -0.4 is 0 Å². The van der Waals surface area contributed by atoms with Gasteiger partial charge in [-0.15, -0.1) is 0 Å². The molecule has 0 atom stereocenters. The largest absolute Gasteiger partial charge is 0.396 e. The van der Waals surface area contributed by atoms with Crippen molar-refractivity contribution >= 4 is 6.08 Å². The van der Waals surface area contributed by atoms with Gasteiger partial charge in [0.15, 0.2) is 0 Å². The minimum Gasteiger partial charge on any atom is -0.396 e. The van der Waals surface area contributed by atoms with Gasteiger partial charge in [0, 0.05) is 6.61 Å². The number of aliphatic imine (C=N–C) groups is 1. The van der Waals surface area contributed by atoms with Crippen molar-refractivity contribution in [1.82, 2.24) is 0 Å². The number of aliphatic hydroxyl groups is 1. The number of aliphatic hydroxyl groups excluding tert-OH is 1. The molecule has 0 radical (unpaired) electrons. The predicted molar refractivity (Wildman–Crippen MR) is 75.5 cm³/mol. The molecule has 106 valence electrons. The quantitative estimate of drug-likeness (QED) is 0.290. The summed E-state index contributed by atoms with van der Waals surface area (Å²) in [5.41, 5.74) is 0. The molecule has 0 aliphatic rings. The lowest BCUT2D eigenvalue weighted by Crippen LogP contribution is -1.85. The third kappa shape index (κ3) is 15.3. The van der Waals surface area contributed by atoms with Crippen LogP contribution in [0.25, 0.3) is 0 Å². The summed E-state index contributed by atoms with van der Waals surface area (Å²) in [6.45, 7) is 0.996. The highest BCUT2D eigenvalue weighted by Gasteiger charge is 1.93. The van der Waals surface area contributed by atoms with Crippen LogP contribution in [0.4, 0.5) is 0 Å². The zero-order chi connectivity index (χ0) is 13.3. The van der Waals surface area contributed by atoms with Crippen molar-refractivity contribution in [2.24, 2.45) is 4.99 Å². The van der Waals surface area contributed by atoms with Crippen LogP contribution in [0.3, 0.4) is 0 Å². The summed E-state index contributed by atoms with van der Waals surface area (Å²) >= 11 is 0. The van der Waals surface area contributed by atoms with E-state index in [0.717, 1.165) is 12.8 Å². The second-order valence-electron chi connectivity index (χ2n) is 4.94. The molecule has 0 aromatic heterocycles. The van der Waals surface area contributed by atoms with Crippen molar-refractivity contribution in [2.45, 2.75) is 77.0 Å². The first-order valence-electron chi connectivity index (χ1n) is 7.56. The molecule has 0 aliphatic carbocycles. The van der Waals surface area contributed by atoms with E-state index in [1.165, 1.54) is 64.2 Å². The van der Waals surface area contributed by atoms with E-state index in [4.69, 9.17) is 5.11 Å². The van der Waals surface area contributed by atoms with Gasteiger partial charge < -0.3 is 5.11 Å². The number of rotatable bonds is 14. The zero-order valence-electron chi connectivity index (χ0n) is 11.7. The third-order valence-corrected chi connectivity index (χ3v) is 3.24. The molecule has 0 saturated heterocycles. The Bertz CT molecular complexity index is 201. The average Bonchev–Trinajstić information content (AvgIpc) is 2.39. The number of unbranched alkanes of at least 4 members (excludes halogenated alkanes) is 11. The van der Waals surface area contributed by atoms with Gasteiger partial charge >= 0.3 is 0 Å². The van der Waals surface area contributed by atoms with Crippen molar-refractivity contribution in [3.8, 4) is 0 Å². The summed E-state index contributed by atoms with van der Waals surface area (Å²) in [6.07, 6.45) is 16.5. The van der Waals surface area contributed by atoms with Crippen LogP contribution in [0.1, 0.15) is 77.0 Å². The van der Waals surface area contributed by atoms with Gasteiger partial charge in [-0.2, -0.15) is 0 Å². The minimum atomic E-state index is 0.345. The third-order valence-electron chi connectivity index (χ3n) is 3.24. The lowest BCUT2D eigenvalue weighted by atomic mass is 10.1. The van der Waals surface area contributed by atoms with Crippen molar-refractivity contribution in [1.29, 1.82) is 0 Å². The van der Waals surface area contributed by atoms with Crippen LogP contribution in [0, 0.1) is 0 Å². The highest BCUT2D eigenvalue weighted by atomic mass is 16.2. The van der Waals surface area contributed by atoms with E-state index >= 15 is 0 Å². The molecule has 3 heteroatoms. The van der Waals surface area contributed by atoms with E-state index in [0.29, 0.717) is 13.2 Å². The molecule has 0 amide bonds. The van der Waals surface area contributed by atoms with E-state index in [2.05, 4.69) is 4.99 Å². The molecule has 0 rings (SSSR count). The summed E-state index contributed by atoms with van der Waals surface area (Å²) < 4.78 is 0. The second kappa shape index (κ2) is 16.3. The molecule has 0 bridgehead atoms. The Morgan fingerprint density at radius 1 is 0.667 bits per heavy atom. The maximum atomic E-state index is 9.82. The normalized spacial score (nSPS) is 10.3. The van der Waals surface area contributed by atoms with Crippen molar-refractivity contribution in [2.75, 3.05) is 13.2 Å². The minimum absolute atomic E-state index is 0.345. The molecular formula is C15H29NO2. The van der Waals surface area contributed by atoms with Gasteiger partial charge in [0.2, 0.25) is 6.08 Å². The molecule has 18 heavy (non-hydrogen) atoms. The first kappa shape index (κ1) is 17.3. The molecule has 0 aromatic carbocycles. The van der Waals surface area contributed by atoms with E-state index in [-0.39, 0.29) is 0 Å². The highest BCUT2D eigenvalue weighted by Crippen LogP contribution is 2.11. The fourth-order valence-electron chi connectivity index (χ4n) is 2.12. The van der Waals surface area contributed by atoms with E-state index in [9.17, 15) is 4.79 Å². The lowest BCUT2D eigenvalue weighted by Gasteiger charge is -2.02. The Balaban J connectivity index is 2.92. The van der Waals surface area contributed by atoms with E-state index in [1.54, 1.807) is 6.08 Å². The zero-order valence-corrected chi connectivity index (χ0v) is 11.7.